The van der Waals surface area contributed by atoms with Crippen molar-refractivity contribution >= 4 is 17.0 Å². The summed E-state index contributed by atoms with van der Waals surface area (Å²) in [5, 5.41) is 8.93. The normalized spacial score (nSPS) is 11.2. The van der Waals surface area contributed by atoms with Crippen LogP contribution in [0.1, 0.15) is 10.4 Å². The molecule has 1 N–H and O–H groups in total. The molecule has 1 aromatic carbocycles. The van der Waals surface area contributed by atoms with Crippen LogP contribution in [-0.2, 0) is 6.54 Å². The highest BCUT2D eigenvalue weighted by atomic mass is 19.3. The maximum atomic E-state index is 12.3. The SMILES string of the molecule is O=C(O)c1cccc2ncn(CC(F)F)c12. The number of hydrogen-bond donors (Lipinski definition) is 1. The molecule has 0 radical (unpaired) electrons. The topological polar surface area (TPSA) is 55.1 Å². The number of imidazole rings is 1. The van der Waals surface area contributed by atoms with E-state index < -0.39 is 18.9 Å². The number of para-hydroxylation sites is 1. The van der Waals surface area contributed by atoms with Crippen LogP contribution >= 0.6 is 0 Å². The molecule has 0 unspecified atom stereocenters. The second-order valence-corrected chi connectivity index (χ2v) is 3.27. The number of hydrogen-bond acceptors (Lipinski definition) is 2. The third kappa shape index (κ3) is 1.73. The summed E-state index contributed by atoms with van der Waals surface area (Å²) in [6.07, 6.45) is -1.32. The van der Waals surface area contributed by atoms with Gasteiger partial charge in [0.05, 0.1) is 29.5 Å². The Morgan fingerprint density at radius 3 is 2.88 bits per heavy atom. The first-order valence-corrected chi connectivity index (χ1v) is 4.55. The lowest BCUT2D eigenvalue weighted by molar-refractivity contribution is 0.0697. The van der Waals surface area contributed by atoms with Gasteiger partial charge in [-0.1, -0.05) is 6.07 Å². The molecule has 1 aromatic heterocycles. The van der Waals surface area contributed by atoms with Gasteiger partial charge in [-0.15, -0.1) is 0 Å². The minimum atomic E-state index is -2.54. The molecule has 0 aliphatic carbocycles. The Balaban J connectivity index is 2.63. The molecule has 2 aromatic rings. The van der Waals surface area contributed by atoms with Gasteiger partial charge in [-0.2, -0.15) is 0 Å². The molecule has 0 aliphatic rings. The van der Waals surface area contributed by atoms with Crippen molar-refractivity contribution in [1.29, 1.82) is 0 Å². The number of aromatic nitrogens is 2. The van der Waals surface area contributed by atoms with Crippen molar-refractivity contribution in [3.8, 4) is 0 Å². The number of benzene rings is 1. The fraction of sp³-hybridized carbons (Fsp3) is 0.200. The predicted octanol–water partition coefficient (Wildman–Crippen LogP) is 2.00. The first-order chi connectivity index (χ1) is 7.59. The van der Waals surface area contributed by atoms with E-state index in [2.05, 4.69) is 4.98 Å². The van der Waals surface area contributed by atoms with E-state index in [1.165, 1.54) is 18.5 Å². The van der Waals surface area contributed by atoms with E-state index in [0.29, 0.717) is 5.52 Å². The van der Waals surface area contributed by atoms with Crippen molar-refractivity contribution in [3.63, 3.8) is 0 Å². The van der Waals surface area contributed by atoms with Gasteiger partial charge in [0.1, 0.15) is 0 Å². The summed E-state index contributed by atoms with van der Waals surface area (Å²) in [5.74, 6) is -1.15. The van der Waals surface area contributed by atoms with Gasteiger partial charge in [0, 0.05) is 0 Å². The number of carboxylic acids is 1. The standard InChI is InChI=1S/C10H8F2N2O2/c11-8(12)4-14-5-13-7-3-1-2-6(9(7)14)10(15)16/h1-3,5,8H,4H2,(H,15,16). The number of aromatic carboxylic acids is 1. The molecule has 0 amide bonds. The number of rotatable bonds is 3. The van der Waals surface area contributed by atoms with E-state index >= 15 is 0 Å². The van der Waals surface area contributed by atoms with Crippen LogP contribution in [0.2, 0.25) is 0 Å². The van der Waals surface area contributed by atoms with E-state index in [1.807, 2.05) is 0 Å². The van der Waals surface area contributed by atoms with Crippen LogP contribution < -0.4 is 0 Å². The fourth-order valence-electron chi connectivity index (χ4n) is 1.59. The number of carboxylic acid groups (broad SMARTS) is 1. The molecule has 0 bridgehead atoms. The van der Waals surface area contributed by atoms with Gasteiger partial charge >= 0.3 is 5.97 Å². The van der Waals surface area contributed by atoms with Crippen molar-refractivity contribution in [2.24, 2.45) is 0 Å². The average Bonchev–Trinajstić information content (AvgIpc) is 2.60. The molecular formula is C10H8F2N2O2. The Hall–Kier alpha value is -1.98. The summed E-state index contributed by atoms with van der Waals surface area (Å²) >= 11 is 0. The van der Waals surface area contributed by atoms with Crippen LogP contribution in [0.4, 0.5) is 8.78 Å². The molecule has 6 heteroatoms. The van der Waals surface area contributed by atoms with Gasteiger partial charge in [-0.3, -0.25) is 0 Å². The monoisotopic (exact) mass is 226 g/mol. The highest BCUT2D eigenvalue weighted by molar-refractivity contribution is 6.01. The Labute approximate surface area is 89.1 Å². The zero-order valence-electron chi connectivity index (χ0n) is 8.10. The van der Waals surface area contributed by atoms with Crippen LogP contribution in [0.15, 0.2) is 24.5 Å². The number of fused-ring (bicyclic) bond motifs is 1. The molecular weight excluding hydrogens is 218 g/mol. The third-order valence-corrected chi connectivity index (χ3v) is 2.20. The number of halogens is 2. The van der Waals surface area contributed by atoms with Crippen LogP contribution in [-0.4, -0.2) is 27.1 Å². The van der Waals surface area contributed by atoms with Gasteiger partial charge < -0.3 is 9.67 Å². The minimum Gasteiger partial charge on any atom is -0.478 e. The molecule has 0 saturated carbocycles. The summed E-state index contributed by atoms with van der Waals surface area (Å²) in [4.78, 5) is 14.8. The average molecular weight is 226 g/mol. The quantitative estimate of drug-likeness (QED) is 0.870. The Kier molecular flexibility index (Phi) is 2.55. The molecule has 1 heterocycles. The van der Waals surface area contributed by atoms with Crippen molar-refractivity contribution < 1.29 is 18.7 Å². The molecule has 2 rings (SSSR count). The van der Waals surface area contributed by atoms with Crippen LogP contribution in [0.25, 0.3) is 11.0 Å². The molecule has 84 valence electrons. The summed E-state index contributed by atoms with van der Waals surface area (Å²) < 4.78 is 25.7. The maximum Gasteiger partial charge on any atom is 0.337 e. The highest BCUT2D eigenvalue weighted by Crippen LogP contribution is 2.18. The molecule has 0 fully saturated rings. The molecule has 4 nitrogen and oxygen atoms in total. The lowest BCUT2D eigenvalue weighted by atomic mass is 10.2. The van der Waals surface area contributed by atoms with Crippen molar-refractivity contribution in [1.82, 2.24) is 9.55 Å². The summed E-state index contributed by atoms with van der Waals surface area (Å²) in [6, 6.07) is 4.49. The van der Waals surface area contributed by atoms with Gasteiger partial charge in [-0.25, -0.2) is 18.6 Å². The maximum absolute atomic E-state index is 12.3. The largest absolute Gasteiger partial charge is 0.478 e. The molecule has 0 atom stereocenters. The highest BCUT2D eigenvalue weighted by Gasteiger charge is 2.15. The third-order valence-electron chi connectivity index (χ3n) is 2.20. The second kappa shape index (κ2) is 3.88. The number of nitrogens with zero attached hydrogens (tertiary/aromatic N) is 2. The van der Waals surface area contributed by atoms with Gasteiger partial charge in [0.25, 0.3) is 6.43 Å². The van der Waals surface area contributed by atoms with Gasteiger partial charge in [-0.05, 0) is 12.1 Å². The van der Waals surface area contributed by atoms with E-state index in [4.69, 9.17) is 5.11 Å². The van der Waals surface area contributed by atoms with E-state index in [9.17, 15) is 13.6 Å². The summed E-state index contributed by atoms with van der Waals surface area (Å²) in [7, 11) is 0. The van der Waals surface area contributed by atoms with Gasteiger partial charge in [0.2, 0.25) is 0 Å². The lowest BCUT2D eigenvalue weighted by Gasteiger charge is -2.05. The second-order valence-electron chi connectivity index (χ2n) is 3.27. The zero-order chi connectivity index (χ0) is 11.7. The fourth-order valence-corrected chi connectivity index (χ4v) is 1.59. The molecule has 0 aliphatic heterocycles. The van der Waals surface area contributed by atoms with Crippen molar-refractivity contribution in [2.45, 2.75) is 13.0 Å². The summed E-state index contributed by atoms with van der Waals surface area (Å²) in [6.45, 7) is -0.555. The van der Waals surface area contributed by atoms with Crippen LogP contribution in [0.5, 0.6) is 0 Å². The first kappa shape index (κ1) is 10.5. The molecule has 0 spiro atoms. The Morgan fingerprint density at radius 2 is 2.25 bits per heavy atom. The molecule has 16 heavy (non-hydrogen) atoms. The lowest BCUT2D eigenvalue weighted by Crippen LogP contribution is -2.08. The number of carbonyl (C=O) groups is 1. The predicted molar refractivity (Wildman–Crippen MR) is 52.7 cm³/mol. The Bertz CT molecular complexity index is 537. The summed E-state index contributed by atoms with van der Waals surface area (Å²) in [5.41, 5.74) is 0.617. The van der Waals surface area contributed by atoms with Gasteiger partial charge in [0.15, 0.2) is 0 Å². The molecule has 0 saturated heterocycles. The zero-order valence-corrected chi connectivity index (χ0v) is 8.10. The number of alkyl halides is 2. The smallest absolute Gasteiger partial charge is 0.337 e. The first-order valence-electron chi connectivity index (χ1n) is 4.55. The minimum absolute atomic E-state index is 0.0179. The van der Waals surface area contributed by atoms with Crippen LogP contribution in [0.3, 0.4) is 0 Å². The van der Waals surface area contributed by atoms with Crippen LogP contribution in [0, 0.1) is 0 Å². The van der Waals surface area contributed by atoms with E-state index in [1.54, 1.807) is 6.07 Å². The van der Waals surface area contributed by atoms with Crippen molar-refractivity contribution in [3.05, 3.63) is 30.1 Å². The van der Waals surface area contributed by atoms with E-state index in [0.717, 1.165) is 4.57 Å². The van der Waals surface area contributed by atoms with Crippen molar-refractivity contribution in [2.75, 3.05) is 0 Å². The Morgan fingerprint density at radius 1 is 1.50 bits per heavy atom. The van der Waals surface area contributed by atoms with E-state index in [-0.39, 0.29) is 11.1 Å².